The van der Waals surface area contributed by atoms with Crippen molar-refractivity contribution in [3.05, 3.63) is 104 Å². The standard InChI is InChI=1S/C27H18BrCl2F2N3O2S/c1-37-17-8-5-15(6-9-17)13-34-14-22-23(35(27(34)36)25-19(29)3-2-4-20(25)30)12-18(28)26(33-22)38-24-10-7-16(31)11-21(24)32/h2-12H,13-14H2,1H3. The maximum atomic E-state index is 14.4. The summed E-state index contributed by atoms with van der Waals surface area (Å²) in [4.78, 5) is 21.9. The number of benzene rings is 3. The summed E-state index contributed by atoms with van der Waals surface area (Å²) in [6, 6.07) is 17.2. The molecule has 0 fully saturated rings. The third-order valence-corrected chi connectivity index (χ3v) is 8.37. The van der Waals surface area contributed by atoms with Gasteiger partial charge in [-0.3, -0.25) is 4.90 Å². The zero-order valence-electron chi connectivity index (χ0n) is 19.7. The molecule has 0 saturated carbocycles. The van der Waals surface area contributed by atoms with E-state index in [0.717, 1.165) is 23.4 Å². The number of anilines is 2. The van der Waals surface area contributed by atoms with Gasteiger partial charge in [-0.15, -0.1) is 0 Å². The second kappa shape index (κ2) is 11.1. The Kier molecular flexibility index (Phi) is 7.81. The van der Waals surface area contributed by atoms with Crippen molar-refractivity contribution >= 4 is 68.3 Å². The fourth-order valence-corrected chi connectivity index (χ4v) is 5.96. The van der Waals surface area contributed by atoms with Crippen molar-refractivity contribution in [1.29, 1.82) is 0 Å². The molecule has 3 aromatic carbocycles. The van der Waals surface area contributed by atoms with E-state index < -0.39 is 11.6 Å². The molecule has 0 N–H and O–H groups in total. The minimum atomic E-state index is -0.692. The van der Waals surface area contributed by atoms with Crippen molar-refractivity contribution in [3.63, 3.8) is 0 Å². The van der Waals surface area contributed by atoms with Crippen LogP contribution < -0.4 is 9.64 Å². The van der Waals surface area contributed by atoms with Crippen molar-refractivity contribution in [2.45, 2.75) is 23.0 Å². The highest BCUT2D eigenvalue weighted by molar-refractivity contribution is 9.10. The summed E-state index contributed by atoms with van der Waals surface area (Å²) in [5.41, 5.74) is 2.27. The van der Waals surface area contributed by atoms with Crippen molar-refractivity contribution in [2.24, 2.45) is 0 Å². The summed E-state index contributed by atoms with van der Waals surface area (Å²) in [6.45, 7) is 0.471. The van der Waals surface area contributed by atoms with E-state index in [0.29, 0.717) is 42.4 Å². The molecule has 1 aliphatic rings. The normalized spacial score (nSPS) is 13.1. The van der Waals surface area contributed by atoms with E-state index in [9.17, 15) is 13.6 Å². The van der Waals surface area contributed by atoms with Gasteiger partial charge in [0, 0.05) is 17.5 Å². The van der Waals surface area contributed by atoms with Crippen molar-refractivity contribution < 1.29 is 18.3 Å². The highest BCUT2D eigenvalue weighted by atomic mass is 79.9. The third-order valence-electron chi connectivity index (χ3n) is 5.84. The van der Waals surface area contributed by atoms with Crippen LogP contribution in [-0.4, -0.2) is 23.0 Å². The molecule has 0 atom stereocenters. The van der Waals surface area contributed by atoms with Crippen molar-refractivity contribution in [1.82, 2.24) is 9.88 Å². The number of amides is 2. The SMILES string of the molecule is COc1ccc(CN2Cc3nc(Sc4ccc(F)cc4F)c(Br)cc3N(c3c(Cl)cccc3Cl)C2=O)cc1. The predicted octanol–water partition coefficient (Wildman–Crippen LogP) is 8.86. The van der Waals surface area contributed by atoms with Gasteiger partial charge in [-0.1, -0.05) is 53.2 Å². The topological polar surface area (TPSA) is 45.7 Å². The van der Waals surface area contributed by atoms with E-state index in [2.05, 4.69) is 15.9 Å². The number of para-hydroxylation sites is 1. The van der Waals surface area contributed by atoms with Gasteiger partial charge in [0.15, 0.2) is 0 Å². The lowest BCUT2D eigenvalue weighted by molar-refractivity contribution is 0.197. The molecular formula is C27H18BrCl2F2N3O2S. The maximum Gasteiger partial charge on any atom is 0.329 e. The summed E-state index contributed by atoms with van der Waals surface area (Å²) < 4.78 is 33.6. The molecule has 2 heterocycles. The number of ether oxygens (including phenoxy) is 1. The van der Waals surface area contributed by atoms with Crippen LogP contribution in [0.5, 0.6) is 5.75 Å². The molecule has 1 aromatic heterocycles. The van der Waals surface area contributed by atoms with Gasteiger partial charge in [0.2, 0.25) is 0 Å². The highest BCUT2D eigenvalue weighted by Gasteiger charge is 2.35. The molecule has 1 aliphatic heterocycles. The van der Waals surface area contributed by atoms with Gasteiger partial charge in [0.1, 0.15) is 22.4 Å². The Bertz CT molecular complexity index is 1520. The first kappa shape index (κ1) is 26.7. The van der Waals surface area contributed by atoms with Crippen LogP contribution >= 0.6 is 50.9 Å². The van der Waals surface area contributed by atoms with E-state index in [1.807, 2.05) is 24.3 Å². The maximum absolute atomic E-state index is 14.4. The molecule has 0 aliphatic carbocycles. The molecule has 0 unspecified atom stereocenters. The number of methoxy groups -OCH3 is 1. The summed E-state index contributed by atoms with van der Waals surface area (Å²) in [5, 5.41) is 1.05. The summed E-state index contributed by atoms with van der Waals surface area (Å²) in [6.07, 6.45) is 0. The van der Waals surface area contributed by atoms with Crippen LogP contribution in [0.15, 0.2) is 81.1 Å². The number of rotatable bonds is 6. The van der Waals surface area contributed by atoms with E-state index in [1.165, 1.54) is 17.0 Å². The van der Waals surface area contributed by atoms with Gasteiger partial charge >= 0.3 is 6.03 Å². The summed E-state index contributed by atoms with van der Waals surface area (Å²) in [7, 11) is 1.59. The molecule has 0 spiro atoms. The quantitative estimate of drug-likeness (QED) is 0.212. The molecular weight excluding hydrogens is 619 g/mol. The minimum absolute atomic E-state index is 0.186. The summed E-state index contributed by atoms with van der Waals surface area (Å²) >= 11 is 17.6. The number of hydrogen-bond donors (Lipinski definition) is 0. The smallest absolute Gasteiger partial charge is 0.329 e. The number of carbonyl (C=O) groups is 1. The Labute approximate surface area is 240 Å². The molecule has 11 heteroatoms. The molecule has 4 aromatic rings. The third kappa shape index (κ3) is 5.33. The average Bonchev–Trinajstić information content (AvgIpc) is 2.89. The second-order valence-electron chi connectivity index (χ2n) is 8.31. The van der Waals surface area contributed by atoms with E-state index >= 15 is 0 Å². The first-order valence-electron chi connectivity index (χ1n) is 11.2. The van der Waals surface area contributed by atoms with Gasteiger partial charge < -0.3 is 9.64 Å². The minimum Gasteiger partial charge on any atom is -0.497 e. The Morgan fingerprint density at radius 2 is 1.76 bits per heavy atom. The van der Waals surface area contributed by atoms with Gasteiger partial charge in [0.25, 0.3) is 0 Å². The zero-order valence-corrected chi connectivity index (χ0v) is 23.6. The summed E-state index contributed by atoms with van der Waals surface area (Å²) in [5.74, 6) is -0.652. The Morgan fingerprint density at radius 3 is 2.42 bits per heavy atom. The van der Waals surface area contributed by atoms with E-state index in [1.54, 1.807) is 36.3 Å². The van der Waals surface area contributed by atoms with Gasteiger partial charge in [-0.25, -0.2) is 18.6 Å². The fraction of sp³-hybridized carbons (Fsp3) is 0.111. The monoisotopic (exact) mass is 635 g/mol. The first-order valence-corrected chi connectivity index (χ1v) is 13.6. The van der Waals surface area contributed by atoms with Crippen LogP contribution in [-0.2, 0) is 13.1 Å². The van der Waals surface area contributed by atoms with Crippen molar-refractivity contribution in [3.8, 4) is 5.75 Å². The number of fused-ring (bicyclic) bond motifs is 1. The molecule has 0 radical (unpaired) electrons. The van der Waals surface area contributed by atoms with Gasteiger partial charge in [-0.05, 0) is 64.0 Å². The number of aromatic nitrogens is 1. The fourth-order valence-electron chi connectivity index (χ4n) is 4.03. The van der Waals surface area contributed by atoms with Crippen LogP contribution in [0.25, 0.3) is 0 Å². The number of hydrogen-bond acceptors (Lipinski definition) is 4. The molecule has 0 saturated heterocycles. The predicted molar refractivity (Wildman–Crippen MR) is 149 cm³/mol. The lowest BCUT2D eigenvalue weighted by Crippen LogP contribution is -2.45. The molecule has 5 nitrogen and oxygen atoms in total. The number of pyridine rings is 1. The zero-order chi connectivity index (χ0) is 27.0. The molecule has 0 bridgehead atoms. The van der Waals surface area contributed by atoms with Gasteiger partial charge in [-0.2, -0.15) is 0 Å². The van der Waals surface area contributed by atoms with E-state index in [-0.39, 0.29) is 24.0 Å². The second-order valence-corrected chi connectivity index (χ2v) is 11.0. The average molecular weight is 637 g/mol. The Morgan fingerprint density at radius 1 is 1.05 bits per heavy atom. The first-order chi connectivity index (χ1) is 18.2. The Hall–Kier alpha value is -2.85. The van der Waals surface area contributed by atoms with E-state index in [4.69, 9.17) is 32.9 Å². The largest absolute Gasteiger partial charge is 0.497 e. The molecule has 194 valence electrons. The number of urea groups is 1. The van der Waals surface area contributed by atoms with Crippen LogP contribution in [0.4, 0.5) is 25.0 Å². The number of carbonyl (C=O) groups excluding carboxylic acids is 1. The van der Waals surface area contributed by atoms with Crippen molar-refractivity contribution in [2.75, 3.05) is 12.0 Å². The molecule has 2 amide bonds. The number of halogens is 5. The van der Waals surface area contributed by atoms with Gasteiger partial charge in [0.05, 0.1) is 45.2 Å². The van der Waals surface area contributed by atoms with Crippen LogP contribution in [0.3, 0.4) is 0 Å². The lowest BCUT2D eigenvalue weighted by Gasteiger charge is -2.37. The molecule has 38 heavy (non-hydrogen) atoms. The molecule has 5 rings (SSSR count). The van der Waals surface area contributed by atoms with Crippen LogP contribution in [0.2, 0.25) is 10.0 Å². The highest BCUT2D eigenvalue weighted by Crippen LogP contribution is 2.45. The number of nitrogens with zero attached hydrogens (tertiary/aromatic N) is 3. The lowest BCUT2D eigenvalue weighted by atomic mass is 10.1. The van der Waals surface area contributed by atoms with Crippen LogP contribution in [0.1, 0.15) is 11.3 Å². The Balaban J connectivity index is 1.59. The van der Waals surface area contributed by atoms with Crippen LogP contribution in [0, 0.1) is 11.6 Å².